The van der Waals surface area contributed by atoms with Crippen LogP contribution in [0.2, 0.25) is 0 Å². The fraction of sp³-hybridized carbons (Fsp3) is 0.0435. The predicted octanol–water partition coefficient (Wildman–Crippen LogP) is 3.76. The minimum absolute atomic E-state index is 0.0613. The molecule has 0 unspecified atom stereocenters. The van der Waals surface area contributed by atoms with Crippen LogP contribution in [0.15, 0.2) is 66.7 Å². The molecule has 1 aliphatic rings. The van der Waals surface area contributed by atoms with Crippen molar-refractivity contribution < 1.29 is 23.5 Å². The van der Waals surface area contributed by atoms with Gasteiger partial charge in [-0.15, -0.1) is 0 Å². The van der Waals surface area contributed by atoms with Crippen molar-refractivity contribution in [3.63, 3.8) is 0 Å². The molecular weight excluding hydrogens is 433 g/mol. The van der Waals surface area contributed by atoms with E-state index in [0.29, 0.717) is 16.8 Å². The summed E-state index contributed by atoms with van der Waals surface area (Å²) in [6.07, 6.45) is 0. The molecule has 160 valence electrons. The lowest BCUT2D eigenvalue weighted by atomic mass is 10.1. The van der Waals surface area contributed by atoms with Crippen LogP contribution in [0.4, 0.5) is 15.8 Å². The molecule has 0 fully saturated rings. The number of anilines is 2. The largest absolute Gasteiger partial charge is 0.494 e. The number of nitrogens with one attached hydrogen (secondary N) is 2. The normalized spacial score (nSPS) is 12.4. The van der Waals surface area contributed by atoms with E-state index in [2.05, 4.69) is 10.6 Å². The zero-order chi connectivity index (χ0) is 22.8. The number of benzene rings is 3. The van der Waals surface area contributed by atoms with E-state index in [1.807, 2.05) is 0 Å². The molecule has 9 heteroatoms. The first-order chi connectivity index (χ1) is 15.4. The average Bonchev–Trinajstić information content (AvgIpc) is 3.04. The van der Waals surface area contributed by atoms with Gasteiger partial charge in [-0.3, -0.25) is 19.7 Å². The number of hydrogen-bond acceptors (Lipinski definition) is 5. The molecular formula is C23H16FN3O4S. The summed E-state index contributed by atoms with van der Waals surface area (Å²) in [7, 11) is 1.40. The Morgan fingerprint density at radius 1 is 0.969 bits per heavy atom. The molecule has 1 heterocycles. The minimum atomic E-state index is -0.699. The highest BCUT2D eigenvalue weighted by Crippen LogP contribution is 2.36. The first-order valence-corrected chi connectivity index (χ1v) is 9.84. The van der Waals surface area contributed by atoms with E-state index in [0.717, 1.165) is 4.90 Å². The molecule has 0 radical (unpaired) electrons. The number of fused-ring (bicyclic) bond motifs is 1. The monoisotopic (exact) mass is 449 g/mol. The zero-order valence-corrected chi connectivity index (χ0v) is 17.5. The Morgan fingerprint density at radius 3 is 2.22 bits per heavy atom. The first-order valence-electron chi connectivity index (χ1n) is 9.43. The SMILES string of the molecule is COc1cc(NC(=S)NC(=O)c2ccccc2F)ccc1N1C(=O)c2ccccc2C1=O. The minimum Gasteiger partial charge on any atom is -0.494 e. The molecule has 0 spiro atoms. The molecule has 3 aromatic carbocycles. The molecule has 32 heavy (non-hydrogen) atoms. The van der Waals surface area contributed by atoms with Gasteiger partial charge in [-0.05, 0) is 48.6 Å². The Labute approximate surface area is 187 Å². The van der Waals surface area contributed by atoms with E-state index in [9.17, 15) is 18.8 Å². The van der Waals surface area contributed by atoms with Gasteiger partial charge in [-0.1, -0.05) is 24.3 Å². The van der Waals surface area contributed by atoms with Crippen LogP contribution >= 0.6 is 12.2 Å². The van der Waals surface area contributed by atoms with Crippen LogP contribution < -0.4 is 20.3 Å². The molecule has 0 atom stereocenters. The summed E-state index contributed by atoms with van der Waals surface area (Å²) in [5.41, 5.74) is 1.19. The van der Waals surface area contributed by atoms with E-state index in [-0.39, 0.29) is 22.1 Å². The maximum Gasteiger partial charge on any atom is 0.266 e. The highest BCUT2D eigenvalue weighted by Gasteiger charge is 2.37. The van der Waals surface area contributed by atoms with Crippen LogP contribution in [0.1, 0.15) is 31.1 Å². The number of imide groups is 1. The summed E-state index contributed by atoms with van der Waals surface area (Å²) < 4.78 is 19.1. The van der Waals surface area contributed by atoms with Crippen molar-refractivity contribution in [2.24, 2.45) is 0 Å². The van der Waals surface area contributed by atoms with Gasteiger partial charge in [-0.25, -0.2) is 9.29 Å². The van der Waals surface area contributed by atoms with Crippen molar-refractivity contribution in [3.05, 3.63) is 89.2 Å². The highest BCUT2D eigenvalue weighted by molar-refractivity contribution is 7.80. The number of carbonyl (C=O) groups is 3. The van der Waals surface area contributed by atoms with E-state index >= 15 is 0 Å². The third kappa shape index (κ3) is 3.81. The maximum atomic E-state index is 13.8. The molecule has 0 aliphatic carbocycles. The van der Waals surface area contributed by atoms with Crippen LogP contribution in [0.5, 0.6) is 5.75 Å². The standard InChI is InChI=1S/C23H16FN3O4S/c1-31-19-12-13(25-23(32)26-20(28)16-8-4-5-9-17(16)24)10-11-18(19)27-21(29)14-6-2-3-7-15(14)22(27)30/h2-12H,1H3,(H2,25,26,28,32). The zero-order valence-electron chi connectivity index (χ0n) is 16.7. The summed E-state index contributed by atoms with van der Waals surface area (Å²) in [5.74, 6) is -2.02. The van der Waals surface area contributed by atoms with Crippen LogP contribution in [-0.4, -0.2) is 29.9 Å². The summed E-state index contributed by atoms with van der Waals surface area (Å²) in [6.45, 7) is 0. The molecule has 0 saturated carbocycles. The molecule has 0 aromatic heterocycles. The van der Waals surface area contributed by atoms with Crippen molar-refractivity contribution in [2.75, 3.05) is 17.3 Å². The Bertz CT molecular complexity index is 1240. The fourth-order valence-corrected chi connectivity index (χ4v) is 3.54. The Kier molecular flexibility index (Phi) is 5.65. The van der Waals surface area contributed by atoms with Crippen LogP contribution in [0.3, 0.4) is 0 Å². The summed E-state index contributed by atoms with van der Waals surface area (Å²) in [6, 6.07) is 16.7. The Morgan fingerprint density at radius 2 is 1.59 bits per heavy atom. The molecule has 0 bridgehead atoms. The molecule has 1 aliphatic heterocycles. The van der Waals surface area contributed by atoms with Crippen molar-refractivity contribution in [1.29, 1.82) is 0 Å². The molecule has 3 aromatic rings. The lowest BCUT2D eigenvalue weighted by molar-refractivity contribution is 0.0922. The van der Waals surface area contributed by atoms with Gasteiger partial charge in [0.2, 0.25) is 0 Å². The second-order valence-electron chi connectivity index (χ2n) is 6.77. The number of carbonyl (C=O) groups excluding carboxylic acids is 3. The summed E-state index contributed by atoms with van der Waals surface area (Å²) in [4.78, 5) is 38.8. The molecule has 3 amide bonds. The Balaban J connectivity index is 1.53. The van der Waals surface area contributed by atoms with Gasteiger partial charge in [0.05, 0.1) is 29.5 Å². The maximum absolute atomic E-state index is 13.8. The average molecular weight is 449 g/mol. The van der Waals surface area contributed by atoms with E-state index in [1.54, 1.807) is 30.3 Å². The highest BCUT2D eigenvalue weighted by atomic mass is 32.1. The fourth-order valence-electron chi connectivity index (χ4n) is 3.33. The third-order valence-electron chi connectivity index (χ3n) is 4.82. The smallest absolute Gasteiger partial charge is 0.266 e. The first kappa shape index (κ1) is 21.1. The number of rotatable bonds is 4. The summed E-state index contributed by atoms with van der Waals surface area (Å²) in [5, 5.41) is 5.14. The number of amides is 3. The van der Waals surface area contributed by atoms with Gasteiger partial charge >= 0.3 is 0 Å². The van der Waals surface area contributed by atoms with Gasteiger partial charge in [0, 0.05) is 11.8 Å². The lowest BCUT2D eigenvalue weighted by Gasteiger charge is -2.19. The number of halogens is 1. The van der Waals surface area contributed by atoms with Crippen molar-refractivity contribution in [1.82, 2.24) is 5.32 Å². The van der Waals surface area contributed by atoms with E-state index in [4.69, 9.17) is 17.0 Å². The van der Waals surface area contributed by atoms with Crippen molar-refractivity contribution in [3.8, 4) is 5.75 Å². The van der Waals surface area contributed by atoms with Gasteiger partial charge in [0.25, 0.3) is 17.7 Å². The molecule has 7 nitrogen and oxygen atoms in total. The molecule has 4 rings (SSSR count). The second kappa shape index (κ2) is 8.56. The van der Waals surface area contributed by atoms with Crippen molar-refractivity contribution in [2.45, 2.75) is 0 Å². The molecule has 0 saturated heterocycles. The number of nitrogens with zero attached hydrogens (tertiary/aromatic N) is 1. The van der Waals surface area contributed by atoms with Gasteiger partial charge in [0.15, 0.2) is 5.11 Å². The van der Waals surface area contributed by atoms with Gasteiger partial charge in [0.1, 0.15) is 11.6 Å². The molecule has 2 N–H and O–H groups in total. The van der Waals surface area contributed by atoms with Crippen LogP contribution in [-0.2, 0) is 0 Å². The topological polar surface area (TPSA) is 87.7 Å². The van der Waals surface area contributed by atoms with Crippen molar-refractivity contribution >= 4 is 46.4 Å². The predicted molar refractivity (Wildman–Crippen MR) is 121 cm³/mol. The van der Waals surface area contributed by atoms with Crippen LogP contribution in [0, 0.1) is 5.82 Å². The third-order valence-corrected chi connectivity index (χ3v) is 5.02. The van der Waals surface area contributed by atoms with E-state index < -0.39 is 23.5 Å². The Hall–Kier alpha value is -4.11. The second-order valence-corrected chi connectivity index (χ2v) is 7.17. The van der Waals surface area contributed by atoms with Gasteiger partial charge < -0.3 is 10.1 Å². The lowest BCUT2D eigenvalue weighted by Crippen LogP contribution is -2.34. The number of ether oxygens (including phenoxy) is 1. The van der Waals surface area contributed by atoms with E-state index in [1.165, 1.54) is 43.5 Å². The number of thiocarbonyl (C=S) groups is 1. The quantitative estimate of drug-likeness (QED) is 0.466. The number of methoxy groups -OCH3 is 1. The number of hydrogen-bond donors (Lipinski definition) is 2. The van der Waals surface area contributed by atoms with Crippen LogP contribution in [0.25, 0.3) is 0 Å². The van der Waals surface area contributed by atoms with Gasteiger partial charge in [-0.2, -0.15) is 0 Å². The summed E-state index contributed by atoms with van der Waals surface area (Å²) >= 11 is 5.13.